The van der Waals surface area contributed by atoms with Gasteiger partial charge < -0.3 is 30.2 Å². The Bertz CT molecular complexity index is 1550. The summed E-state index contributed by atoms with van der Waals surface area (Å²) in [6.07, 6.45) is 4.47. The summed E-state index contributed by atoms with van der Waals surface area (Å²) >= 11 is 0. The Morgan fingerprint density at radius 1 is 1.18 bits per heavy atom. The number of hydrogen-bond acceptors (Lipinski definition) is 6. The largest absolute Gasteiger partial charge is 0.444 e. The van der Waals surface area contributed by atoms with Crippen LogP contribution in [0.25, 0.3) is 33.6 Å². The van der Waals surface area contributed by atoms with E-state index in [1.54, 1.807) is 17.0 Å². The molecule has 2 atom stereocenters. The quantitative estimate of drug-likeness (QED) is 0.357. The number of aromatic amines is 1. The molecular weight excluding hydrogens is 494 g/mol. The van der Waals surface area contributed by atoms with Crippen LogP contribution in [-0.4, -0.2) is 67.2 Å². The highest BCUT2D eigenvalue weighted by Gasteiger charge is 2.32. The Morgan fingerprint density at radius 3 is 2.77 bits per heavy atom. The summed E-state index contributed by atoms with van der Waals surface area (Å²) < 4.78 is 7.75. The van der Waals surface area contributed by atoms with E-state index in [4.69, 9.17) is 15.5 Å². The zero-order valence-electron chi connectivity index (χ0n) is 22.6. The third kappa shape index (κ3) is 5.47. The van der Waals surface area contributed by atoms with Crippen LogP contribution in [0.15, 0.2) is 42.6 Å². The van der Waals surface area contributed by atoms with Crippen molar-refractivity contribution in [3.63, 3.8) is 0 Å². The van der Waals surface area contributed by atoms with E-state index in [9.17, 15) is 9.59 Å². The zero-order valence-corrected chi connectivity index (χ0v) is 22.6. The molecule has 204 valence electrons. The molecule has 2 fully saturated rings. The van der Waals surface area contributed by atoms with E-state index >= 15 is 0 Å². The number of likely N-dealkylation sites (tertiary alicyclic amines) is 1. The van der Waals surface area contributed by atoms with Gasteiger partial charge in [0, 0.05) is 48.9 Å². The number of hydrogen-bond donors (Lipinski definition) is 3. The number of nitrogens with one attached hydrogen (secondary N) is 2. The molecule has 0 unspecified atom stereocenters. The summed E-state index contributed by atoms with van der Waals surface area (Å²) in [5.41, 5.74) is 9.65. The smallest absolute Gasteiger partial charge is 0.410 e. The molecule has 4 aromatic rings. The molecule has 1 aliphatic heterocycles. The fourth-order valence-corrected chi connectivity index (χ4v) is 5.28. The first-order valence-electron chi connectivity index (χ1n) is 13.6. The van der Waals surface area contributed by atoms with Gasteiger partial charge in [0.25, 0.3) is 5.91 Å². The Morgan fingerprint density at radius 2 is 2.00 bits per heavy atom. The summed E-state index contributed by atoms with van der Waals surface area (Å²) in [5.74, 6) is 1.21. The fraction of sp³-hybridized carbons (Fsp3) is 0.448. The Hall–Kier alpha value is -3.92. The van der Waals surface area contributed by atoms with Crippen molar-refractivity contribution in [3.8, 4) is 11.5 Å². The maximum Gasteiger partial charge on any atom is 0.410 e. The Labute approximate surface area is 226 Å². The summed E-state index contributed by atoms with van der Waals surface area (Å²) in [7, 11) is 0. The van der Waals surface area contributed by atoms with E-state index in [0.29, 0.717) is 36.5 Å². The number of nitrogens with zero attached hydrogens (tertiary/aromatic N) is 4. The van der Waals surface area contributed by atoms with Crippen LogP contribution < -0.4 is 11.1 Å². The highest BCUT2D eigenvalue weighted by molar-refractivity contribution is 5.98. The van der Waals surface area contributed by atoms with E-state index in [1.807, 2.05) is 39.1 Å². The minimum atomic E-state index is -0.599. The molecule has 1 aromatic carbocycles. The van der Waals surface area contributed by atoms with Crippen molar-refractivity contribution in [1.82, 2.24) is 29.7 Å². The fourth-order valence-electron chi connectivity index (χ4n) is 5.28. The van der Waals surface area contributed by atoms with E-state index < -0.39 is 11.7 Å². The minimum absolute atomic E-state index is 0.225. The number of carbonyl (C=O) groups is 2. The summed E-state index contributed by atoms with van der Waals surface area (Å²) in [6.45, 7) is 7.15. The van der Waals surface area contributed by atoms with Gasteiger partial charge in [-0.05, 0) is 82.3 Å². The van der Waals surface area contributed by atoms with E-state index in [0.717, 1.165) is 34.6 Å². The molecular formula is C29H35N7O3. The Kier molecular flexibility index (Phi) is 6.29. The van der Waals surface area contributed by atoms with Crippen molar-refractivity contribution in [2.24, 2.45) is 11.7 Å². The maximum atomic E-state index is 13.2. The van der Waals surface area contributed by atoms with Crippen molar-refractivity contribution in [3.05, 3.63) is 48.2 Å². The third-order valence-electron chi connectivity index (χ3n) is 7.25. The second-order valence-corrected chi connectivity index (χ2v) is 11.9. The van der Waals surface area contributed by atoms with Crippen LogP contribution >= 0.6 is 0 Å². The number of amides is 2. The molecule has 1 aliphatic carbocycles. The third-order valence-corrected chi connectivity index (χ3v) is 7.25. The van der Waals surface area contributed by atoms with Crippen molar-refractivity contribution in [1.29, 1.82) is 0 Å². The Balaban J connectivity index is 1.21. The number of benzene rings is 1. The molecule has 4 heterocycles. The number of aromatic nitrogens is 4. The monoisotopic (exact) mass is 529 g/mol. The van der Waals surface area contributed by atoms with Gasteiger partial charge >= 0.3 is 6.09 Å². The molecule has 10 nitrogen and oxygen atoms in total. The average molecular weight is 530 g/mol. The van der Waals surface area contributed by atoms with Crippen LogP contribution in [-0.2, 0) is 11.3 Å². The second-order valence-electron chi connectivity index (χ2n) is 11.9. The van der Waals surface area contributed by atoms with Gasteiger partial charge in [-0.15, -0.1) is 0 Å². The molecule has 2 aliphatic rings. The van der Waals surface area contributed by atoms with Gasteiger partial charge in [-0.2, -0.15) is 0 Å². The SMILES string of the molecule is CC(C)(C)OC(=O)N1C[C@H](N)C[C@H](NC(=O)c2ccc3[nH]c(-c4cc5cccnc5n4CC4CC4)nc3c2)C1. The highest BCUT2D eigenvalue weighted by atomic mass is 16.6. The number of fused-ring (bicyclic) bond motifs is 2. The number of rotatable bonds is 5. The van der Waals surface area contributed by atoms with Crippen LogP contribution in [0.4, 0.5) is 4.79 Å². The molecule has 1 saturated heterocycles. The summed E-state index contributed by atoms with van der Waals surface area (Å²) in [6, 6.07) is 11.1. The van der Waals surface area contributed by atoms with E-state index in [-0.39, 0.29) is 18.0 Å². The number of pyridine rings is 1. The molecule has 1 saturated carbocycles. The lowest BCUT2D eigenvalue weighted by atomic mass is 10.0. The van der Waals surface area contributed by atoms with Gasteiger partial charge in [0.15, 0.2) is 5.82 Å². The van der Waals surface area contributed by atoms with Gasteiger partial charge in [0.2, 0.25) is 0 Å². The first-order chi connectivity index (χ1) is 18.6. The second kappa shape index (κ2) is 9.68. The predicted molar refractivity (Wildman–Crippen MR) is 149 cm³/mol. The van der Waals surface area contributed by atoms with Crippen LogP contribution in [0, 0.1) is 5.92 Å². The lowest BCUT2D eigenvalue weighted by Gasteiger charge is -2.37. The van der Waals surface area contributed by atoms with Crippen molar-refractivity contribution in [2.45, 2.75) is 64.3 Å². The molecule has 6 rings (SSSR count). The van der Waals surface area contributed by atoms with Crippen molar-refractivity contribution in [2.75, 3.05) is 13.1 Å². The summed E-state index contributed by atoms with van der Waals surface area (Å²) in [4.78, 5) is 40.3. The lowest BCUT2D eigenvalue weighted by molar-refractivity contribution is 0.0167. The lowest BCUT2D eigenvalue weighted by Crippen LogP contribution is -2.57. The number of nitrogens with two attached hydrogens (primary N) is 1. The predicted octanol–water partition coefficient (Wildman–Crippen LogP) is 4.06. The van der Waals surface area contributed by atoms with Crippen molar-refractivity contribution >= 4 is 34.1 Å². The first-order valence-corrected chi connectivity index (χ1v) is 13.6. The van der Waals surface area contributed by atoms with E-state index in [2.05, 4.69) is 32.0 Å². The average Bonchev–Trinajstić information content (AvgIpc) is 3.47. The standard InChI is InChI=1S/C29H35N7O3/c1-29(2,3)39-28(38)35-15-20(30)13-21(16-35)32-27(37)19-8-9-22-23(11-19)34-25(33-22)24-12-18-5-4-10-31-26(18)36(24)14-17-6-7-17/h4-5,8-12,17,20-21H,6-7,13-16,30H2,1-3H3,(H,32,37)(H,33,34)/t20-,21+/m1/s1. The van der Waals surface area contributed by atoms with Gasteiger partial charge in [-0.3, -0.25) is 4.79 Å². The van der Waals surface area contributed by atoms with Gasteiger partial charge in [0.1, 0.15) is 11.2 Å². The van der Waals surface area contributed by atoms with Crippen LogP contribution in [0.3, 0.4) is 0 Å². The number of piperidine rings is 1. The maximum absolute atomic E-state index is 13.2. The number of H-pyrrole nitrogens is 1. The molecule has 0 spiro atoms. The van der Waals surface area contributed by atoms with Crippen LogP contribution in [0.2, 0.25) is 0 Å². The molecule has 3 aromatic heterocycles. The van der Waals surface area contributed by atoms with Gasteiger partial charge in [0.05, 0.1) is 16.7 Å². The first kappa shape index (κ1) is 25.4. The highest BCUT2D eigenvalue weighted by Crippen LogP contribution is 2.35. The van der Waals surface area contributed by atoms with Crippen LogP contribution in [0.1, 0.15) is 50.4 Å². The van der Waals surface area contributed by atoms with E-state index in [1.165, 1.54) is 12.8 Å². The zero-order chi connectivity index (χ0) is 27.3. The molecule has 4 N–H and O–H groups in total. The number of ether oxygens (including phenoxy) is 1. The molecule has 2 amide bonds. The van der Waals surface area contributed by atoms with Crippen molar-refractivity contribution < 1.29 is 14.3 Å². The minimum Gasteiger partial charge on any atom is -0.444 e. The molecule has 0 radical (unpaired) electrons. The summed E-state index contributed by atoms with van der Waals surface area (Å²) in [5, 5.41) is 4.14. The topological polar surface area (TPSA) is 131 Å². The molecule has 10 heteroatoms. The number of carbonyl (C=O) groups excluding carboxylic acids is 2. The van der Waals surface area contributed by atoms with Gasteiger partial charge in [-0.1, -0.05) is 0 Å². The molecule has 0 bridgehead atoms. The van der Waals surface area contributed by atoms with Gasteiger partial charge in [-0.25, -0.2) is 14.8 Å². The normalized spacial score (nSPS) is 19.9. The number of imidazole rings is 1. The molecule has 39 heavy (non-hydrogen) atoms. The van der Waals surface area contributed by atoms with Crippen LogP contribution in [0.5, 0.6) is 0 Å².